The minimum Gasteiger partial charge on any atom is -0.466 e. The van der Waals surface area contributed by atoms with Crippen molar-refractivity contribution in [3.8, 4) is 17.1 Å². The number of ether oxygens (including phenoxy) is 1. The van der Waals surface area contributed by atoms with Crippen molar-refractivity contribution in [2.75, 3.05) is 43.3 Å². The van der Waals surface area contributed by atoms with E-state index in [1.54, 1.807) is 18.8 Å². The molecule has 174 valence electrons. The molecule has 0 fully saturated rings. The van der Waals surface area contributed by atoms with E-state index in [0.29, 0.717) is 30.1 Å². The van der Waals surface area contributed by atoms with Crippen LogP contribution in [0.25, 0.3) is 11.3 Å². The number of nitrogens with one attached hydrogen (secondary N) is 3. The Kier molecular flexibility index (Phi) is 11.2. The van der Waals surface area contributed by atoms with E-state index in [4.69, 9.17) is 10.5 Å². The molecule has 8 nitrogen and oxygen atoms in total. The highest BCUT2D eigenvalue weighted by molar-refractivity contribution is 7.98. The summed E-state index contributed by atoms with van der Waals surface area (Å²) in [6.45, 7) is 0.206. The maximum atomic E-state index is 12.5. The molecule has 0 aliphatic carbocycles. The fourth-order valence-corrected chi connectivity index (χ4v) is 3.41. The number of rotatable bonds is 13. The zero-order valence-electron chi connectivity index (χ0n) is 18.3. The summed E-state index contributed by atoms with van der Waals surface area (Å²) < 4.78 is 5.76. The molecular formula is C22H31N5O3S2. The van der Waals surface area contributed by atoms with Gasteiger partial charge in [-0.05, 0) is 30.6 Å². The third kappa shape index (κ3) is 8.25. The number of hydrogen-bond donors (Lipinski definition) is 5. The summed E-state index contributed by atoms with van der Waals surface area (Å²) in [7, 11) is 1.55. The van der Waals surface area contributed by atoms with Crippen LogP contribution in [0.3, 0.4) is 0 Å². The second-order valence-corrected chi connectivity index (χ2v) is 8.39. The summed E-state index contributed by atoms with van der Waals surface area (Å²) in [4.78, 5) is 29.1. The molecule has 32 heavy (non-hydrogen) atoms. The van der Waals surface area contributed by atoms with E-state index in [1.807, 2.05) is 48.7 Å². The van der Waals surface area contributed by atoms with E-state index < -0.39 is 11.9 Å². The normalized spacial score (nSPS) is 12.5. The summed E-state index contributed by atoms with van der Waals surface area (Å²) in [6, 6.07) is 12.6. The predicted molar refractivity (Wildman–Crippen MR) is 134 cm³/mol. The number of thiol groups is 1. The number of hydrogen-bond acceptors (Lipinski definition) is 8. The van der Waals surface area contributed by atoms with Crippen LogP contribution in [0.4, 0.5) is 5.69 Å². The van der Waals surface area contributed by atoms with E-state index in [-0.39, 0.29) is 24.4 Å². The Labute approximate surface area is 198 Å². The Morgan fingerprint density at radius 2 is 1.97 bits per heavy atom. The zero-order chi connectivity index (χ0) is 23.3. The van der Waals surface area contributed by atoms with Crippen molar-refractivity contribution in [3.63, 3.8) is 0 Å². The predicted octanol–water partition coefficient (Wildman–Crippen LogP) is 1.78. The number of carbonyl (C=O) groups is 2. The molecule has 1 aromatic heterocycles. The molecular weight excluding hydrogens is 446 g/mol. The van der Waals surface area contributed by atoms with Gasteiger partial charge in [-0.15, -0.1) is 0 Å². The lowest BCUT2D eigenvalue weighted by molar-refractivity contribution is -0.129. The SMILES string of the molecule is CNC(=O)C(CCSC)NC(=O)COc1nc(-c2ccccc2)ccc1NCC(N)CS. The van der Waals surface area contributed by atoms with E-state index in [1.165, 1.54) is 0 Å². The maximum absolute atomic E-state index is 12.5. The van der Waals surface area contributed by atoms with Crippen LogP contribution in [-0.4, -0.2) is 66.8 Å². The second-order valence-electron chi connectivity index (χ2n) is 7.04. The lowest BCUT2D eigenvalue weighted by Crippen LogP contribution is -2.47. The van der Waals surface area contributed by atoms with Gasteiger partial charge in [0, 0.05) is 31.0 Å². The van der Waals surface area contributed by atoms with Gasteiger partial charge in [0.2, 0.25) is 11.8 Å². The third-order valence-electron chi connectivity index (χ3n) is 4.57. The third-order valence-corrected chi connectivity index (χ3v) is 5.68. The van der Waals surface area contributed by atoms with Crippen molar-refractivity contribution in [1.82, 2.24) is 15.6 Å². The van der Waals surface area contributed by atoms with Gasteiger partial charge >= 0.3 is 0 Å². The highest BCUT2D eigenvalue weighted by Gasteiger charge is 2.20. The van der Waals surface area contributed by atoms with Crippen LogP contribution in [0.1, 0.15) is 6.42 Å². The van der Waals surface area contributed by atoms with Gasteiger partial charge in [-0.25, -0.2) is 4.98 Å². The first-order valence-electron chi connectivity index (χ1n) is 10.3. The van der Waals surface area contributed by atoms with Gasteiger partial charge < -0.3 is 26.4 Å². The Balaban J connectivity index is 2.13. The van der Waals surface area contributed by atoms with Gasteiger partial charge in [-0.3, -0.25) is 9.59 Å². The van der Waals surface area contributed by atoms with Gasteiger partial charge in [0.15, 0.2) is 6.61 Å². The van der Waals surface area contributed by atoms with Crippen LogP contribution >= 0.6 is 24.4 Å². The molecule has 2 amide bonds. The van der Waals surface area contributed by atoms with Crippen LogP contribution in [-0.2, 0) is 9.59 Å². The molecule has 0 saturated carbocycles. The quantitative estimate of drug-likeness (QED) is 0.279. The molecule has 1 heterocycles. The molecule has 5 N–H and O–H groups in total. The molecule has 0 saturated heterocycles. The Morgan fingerprint density at radius 1 is 1.22 bits per heavy atom. The van der Waals surface area contributed by atoms with Gasteiger partial charge in [-0.1, -0.05) is 30.3 Å². The van der Waals surface area contributed by atoms with Crippen LogP contribution in [0.15, 0.2) is 42.5 Å². The van der Waals surface area contributed by atoms with Crippen molar-refractivity contribution >= 4 is 41.9 Å². The molecule has 2 atom stereocenters. The smallest absolute Gasteiger partial charge is 0.258 e. The van der Waals surface area contributed by atoms with E-state index in [9.17, 15) is 9.59 Å². The fourth-order valence-electron chi connectivity index (χ4n) is 2.81. The molecule has 0 aliphatic heterocycles. The number of anilines is 1. The first kappa shape index (κ1) is 25.8. The average Bonchev–Trinajstić information content (AvgIpc) is 2.83. The fraction of sp³-hybridized carbons (Fsp3) is 0.409. The number of thioether (sulfide) groups is 1. The Bertz CT molecular complexity index is 870. The van der Waals surface area contributed by atoms with Gasteiger partial charge in [0.05, 0.1) is 11.4 Å². The molecule has 0 bridgehead atoms. The number of amides is 2. The van der Waals surface area contributed by atoms with Crippen molar-refractivity contribution in [2.45, 2.75) is 18.5 Å². The van der Waals surface area contributed by atoms with E-state index >= 15 is 0 Å². The van der Waals surface area contributed by atoms with Gasteiger partial charge in [0.25, 0.3) is 5.91 Å². The molecule has 0 spiro atoms. The van der Waals surface area contributed by atoms with Crippen LogP contribution < -0.4 is 26.4 Å². The summed E-state index contributed by atoms with van der Waals surface area (Å²) in [5.41, 5.74) is 8.22. The highest BCUT2D eigenvalue weighted by Crippen LogP contribution is 2.27. The second kappa shape index (κ2) is 13.9. The molecule has 0 aliphatic rings. The number of nitrogens with zero attached hydrogens (tertiary/aromatic N) is 1. The lowest BCUT2D eigenvalue weighted by atomic mass is 10.1. The van der Waals surface area contributed by atoms with Crippen molar-refractivity contribution in [3.05, 3.63) is 42.5 Å². The van der Waals surface area contributed by atoms with Crippen molar-refractivity contribution < 1.29 is 14.3 Å². The Hall–Kier alpha value is -2.43. The number of carbonyl (C=O) groups excluding carboxylic acids is 2. The van der Waals surface area contributed by atoms with Crippen molar-refractivity contribution in [1.29, 1.82) is 0 Å². The van der Waals surface area contributed by atoms with Gasteiger partial charge in [-0.2, -0.15) is 24.4 Å². The maximum Gasteiger partial charge on any atom is 0.258 e. The number of aromatic nitrogens is 1. The van der Waals surface area contributed by atoms with Crippen LogP contribution in [0.2, 0.25) is 0 Å². The number of pyridine rings is 1. The minimum atomic E-state index is -0.613. The van der Waals surface area contributed by atoms with E-state index in [2.05, 4.69) is 33.6 Å². The molecule has 10 heteroatoms. The average molecular weight is 478 g/mol. The minimum absolute atomic E-state index is 0.145. The topological polar surface area (TPSA) is 118 Å². The summed E-state index contributed by atoms with van der Waals surface area (Å²) in [6.07, 6.45) is 2.48. The molecule has 2 rings (SSSR count). The monoisotopic (exact) mass is 477 g/mol. The Morgan fingerprint density at radius 3 is 2.62 bits per heavy atom. The molecule has 2 aromatic rings. The number of likely N-dealkylation sites (N-methyl/N-ethyl adjacent to an activating group) is 1. The summed E-state index contributed by atoms with van der Waals surface area (Å²) >= 11 is 5.81. The van der Waals surface area contributed by atoms with Gasteiger partial charge in [0.1, 0.15) is 6.04 Å². The molecule has 1 aromatic carbocycles. The van der Waals surface area contributed by atoms with E-state index in [0.717, 1.165) is 11.3 Å². The summed E-state index contributed by atoms with van der Waals surface area (Å²) in [5.74, 6) is 0.926. The number of benzene rings is 1. The zero-order valence-corrected chi connectivity index (χ0v) is 20.0. The number of nitrogens with two attached hydrogens (primary N) is 1. The summed E-state index contributed by atoms with van der Waals surface area (Å²) in [5, 5.41) is 8.51. The standard InChI is InChI=1S/C22H31N5O3S2/c1-24-21(29)18(10-11-32-2)26-20(28)13-30-22-19(25-12-16(23)14-31)9-8-17(27-22)15-6-4-3-5-7-15/h3-9,16,18,25,31H,10-14,23H2,1-2H3,(H,24,29)(H,26,28). The first-order valence-corrected chi connectivity index (χ1v) is 12.3. The lowest BCUT2D eigenvalue weighted by Gasteiger charge is -2.18. The molecule has 0 radical (unpaired) electrons. The highest BCUT2D eigenvalue weighted by atomic mass is 32.2. The largest absolute Gasteiger partial charge is 0.466 e. The van der Waals surface area contributed by atoms with Crippen LogP contribution in [0.5, 0.6) is 5.88 Å². The van der Waals surface area contributed by atoms with Crippen molar-refractivity contribution in [2.24, 2.45) is 5.73 Å². The first-order chi connectivity index (χ1) is 15.5. The molecule has 2 unspecified atom stereocenters. The van der Waals surface area contributed by atoms with Crippen LogP contribution in [0, 0.1) is 0 Å².